The van der Waals surface area contributed by atoms with E-state index in [0.717, 1.165) is 5.56 Å². The van der Waals surface area contributed by atoms with Crippen molar-refractivity contribution in [3.8, 4) is 0 Å². The van der Waals surface area contributed by atoms with Gasteiger partial charge in [0.1, 0.15) is 6.04 Å². The Kier molecular flexibility index (Phi) is 7.52. The maximum Gasteiger partial charge on any atom is 0.242 e. The number of nitrogens with zero attached hydrogens (tertiary/aromatic N) is 1. The van der Waals surface area contributed by atoms with Crippen molar-refractivity contribution in [3.63, 3.8) is 0 Å². The highest BCUT2D eigenvalue weighted by Crippen LogP contribution is 2.25. The van der Waals surface area contributed by atoms with Gasteiger partial charge in [0.15, 0.2) is 0 Å². The summed E-state index contributed by atoms with van der Waals surface area (Å²) in [6, 6.07) is 7.01. The summed E-state index contributed by atoms with van der Waals surface area (Å²) in [6.07, 6.45) is 0. The van der Waals surface area contributed by atoms with E-state index < -0.39 is 6.04 Å². The first-order valence-corrected chi connectivity index (χ1v) is 8.07. The van der Waals surface area contributed by atoms with E-state index in [0.29, 0.717) is 11.6 Å². The van der Waals surface area contributed by atoms with E-state index in [1.165, 1.54) is 6.92 Å². The normalized spacial score (nSPS) is 13.7. The number of amides is 2. The molecule has 2 atom stereocenters. The Hall–Kier alpha value is -1.59. The SMILES string of the molecule is CC(=O)NC(C(=O)NCC(c1ccccc1Cl)N(C)C)C(C)C. The molecule has 1 aromatic carbocycles. The van der Waals surface area contributed by atoms with E-state index in [4.69, 9.17) is 11.6 Å². The van der Waals surface area contributed by atoms with Crippen LogP contribution in [0, 0.1) is 5.92 Å². The predicted octanol–water partition coefficient (Wildman–Crippen LogP) is 2.22. The molecule has 0 fully saturated rings. The van der Waals surface area contributed by atoms with Gasteiger partial charge < -0.3 is 15.5 Å². The predicted molar refractivity (Wildman–Crippen MR) is 93.3 cm³/mol. The van der Waals surface area contributed by atoms with Crippen LogP contribution in [0.1, 0.15) is 32.4 Å². The summed E-state index contributed by atoms with van der Waals surface area (Å²) >= 11 is 6.26. The third-order valence-electron chi connectivity index (χ3n) is 3.67. The molecule has 0 aromatic heterocycles. The first-order valence-electron chi connectivity index (χ1n) is 7.69. The fourth-order valence-electron chi connectivity index (χ4n) is 2.38. The van der Waals surface area contributed by atoms with Crippen LogP contribution in [0.15, 0.2) is 24.3 Å². The summed E-state index contributed by atoms with van der Waals surface area (Å²) in [4.78, 5) is 25.6. The molecular formula is C17H26ClN3O2. The lowest BCUT2D eigenvalue weighted by Crippen LogP contribution is -2.50. The van der Waals surface area contributed by atoms with Crippen LogP contribution in [-0.2, 0) is 9.59 Å². The van der Waals surface area contributed by atoms with Gasteiger partial charge in [-0.2, -0.15) is 0 Å². The highest BCUT2D eigenvalue weighted by atomic mass is 35.5. The summed E-state index contributed by atoms with van der Waals surface area (Å²) in [5.41, 5.74) is 0.958. The molecular weight excluding hydrogens is 314 g/mol. The lowest BCUT2D eigenvalue weighted by Gasteiger charge is -2.28. The third kappa shape index (κ3) is 5.84. The molecule has 0 aliphatic rings. The molecule has 6 heteroatoms. The smallest absolute Gasteiger partial charge is 0.242 e. The lowest BCUT2D eigenvalue weighted by atomic mass is 10.0. The lowest BCUT2D eigenvalue weighted by molar-refractivity contribution is -0.129. The molecule has 0 saturated heterocycles. The number of carbonyl (C=O) groups is 2. The van der Waals surface area contributed by atoms with Crippen LogP contribution in [0.5, 0.6) is 0 Å². The van der Waals surface area contributed by atoms with Crippen molar-refractivity contribution in [2.75, 3.05) is 20.6 Å². The minimum absolute atomic E-state index is 0.0111. The van der Waals surface area contributed by atoms with E-state index in [9.17, 15) is 9.59 Å². The number of halogens is 1. The van der Waals surface area contributed by atoms with Gasteiger partial charge in [0.25, 0.3) is 0 Å². The van der Waals surface area contributed by atoms with Crippen molar-refractivity contribution in [2.24, 2.45) is 5.92 Å². The Labute approximate surface area is 143 Å². The third-order valence-corrected chi connectivity index (χ3v) is 4.01. The molecule has 2 amide bonds. The topological polar surface area (TPSA) is 61.4 Å². The zero-order valence-corrected chi connectivity index (χ0v) is 15.1. The fourth-order valence-corrected chi connectivity index (χ4v) is 2.64. The molecule has 0 aliphatic carbocycles. The van der Waals surface area contributed by atoms with Gasteiger partial charge in [-0.15, -0.1) is 0 Å². The molecule has 0 aliphatic heterocycles. The molecule has 2 N–H and O–H groups in total. The molecule has 5 nitrogen and oxygen atoms in total. The molecule has 23 heavy (non-hydrogen) atoms. The Morgan fingerprint density at radius 2 is 1.83 bits per heavy atom. The number of carbonyl (C=O) groups excluding carboxylic acids is 2. The Morgan fingerprint density at radius 1 is 1.22 bits per heavy atom. The van der Waals surface area contributed by atoms with Gasteiger partial charge in [-0.1, -0.05) is 43.6 Å². The number of benzene rings is 1. The van der Waals surface area contributed by atoms with E-state index in [2.05, 4.69) is 10.6 Å². The number of hydrogen-bond donors (Lipinski definition) is 2. The van der Waals surface area contributed by atoms with E-state index in [1.54, 1.807) is 0 Å². The Balaban J connectivity index is 2.81. The zero-order chi connectivity index (χ0) is 17.6. The summed E-state index contributed by atoms with van der Waals surface area (Å²) in [5, 5.41) is 6.28. The van der Waals surface area contributed by atoms with Gasteiger partial charge in [-0.05, 0) is 31.6 Å². The zero-order valence-electron chi connectivity index (χ0n) is 14.4. The molecule has 0 bridgehead atoms. The van der Waals surface area contributed by atoms with Crippen molar-refractivity contribution in [1.29, 1.82) is 0 Å². The van der Waals surface area contributed by atoms with Crippen LogP contribution in [0.3, 0.4) is 0 Å². The molecule has 0 spiro atoms. The van der Waals surface area contributed by atoms with Gasteiger partial charge >= 0.3 is 0 Å². The number of likely N-dealkylation sites (N-methyl/N-ethyl adjacent to an activating group) is 1. The largest absolute Gasteiger partial charge is 0.352 e. The van der Waals surface area contributed by atoms with Gasteiger partial charge in [-0.25, -0.2) is 0 Å². The Morgan fingerprint density at radius 3 is 2.30 bits per heavy atom. The van der Waals surface area contributed by atoms with Crippen LogP contribution in [0.2, 0.25) is 5.02 Å². The van der Waals surface area contributed by atoms with Gasteiger partial charge in [-0.3, -0.25) is 9.59 Å². The molecule has 0 radical (unpaired) electrons. The molecule has 128 valence electrons. The van der Waals surface area contributed by atoms with Crippen LogP contribution in [-0.4, -0.2) is 43.4 Å². The molecule has 0 heterocycles. The summed E-state index contributed by atoms with van der Waals surface area (Å²) in [5.74, 6) is -0.389. The van der Waals surface area contributed by atoms with E-state index >= 15 is 0 Å². The standard InChI is InChI=1S/C17H26ClN3O2/c1-11(2)16(20-12(3)22)17(23)19-10-15(21(4)5)13-8-6-7-9-14(13)18/h6-9,11,15-16H,10H2,1-5H3,(H,19,23)(H,20,22). The number of rotatable bonds is 7. The number of nitrogens with one attached hydrogen (secondary N) is 2. The van der Waals surface area contributed by atoms with Gasteiger partial charge in [0.05, 0.1) is 6.04 Å². The average Bonchev–Trinajstić information content (AvgIpc) is 2.45. The highest BCUT2D eigenvalue weighted by molar-refractivity contribution is 6.31. The summed E-state index contributed by atoms with van der Waals surface area (Å²) in [6.45, 7) is 5.63. The minimum Gasteiger partial charge on any atom is -0.352 e. The Bertz CT molecular complexity index is 546. The van der Waals surface area contributed by atoms with E-state index in [1.807, 2.05) is 57.1 Å². The molecule has 1 rings (SSSR count). The van der Waals surface area contributed by atoms with Gasteiger partial charge in [0, 0.05) is 18.5 Å². The summed E-state index contributed by atoms with van der Waals surface area (Å²) in [7, 11) is 3.88. The van der Waals surface area contributed by atoms with Crippen LogP contribution in [0.25, 0.3) is 0 Å². The maximum atomic E-state index is 12.4. The second kappa shape index (κ2) is 8.89. The second-order valence-electron chi connectivity index (χ2n) is 6.17. The molecule has 2 unspecified atom stereocenters. The quantitative estimate of drug-likeness (QED) is 0.800. The van der Waals surface area contributed by atoms with Crippen molar-refractivity contribution in [3.05, 3.63) is 34.9 Å². The van der Waals surface area contributed by atoms with E-state index in [-0.39, 0.29) is 23.8 Å². The minimum atomic E-state index is -0.540. The van der Waals surface area contributed by atoms with Crippen molar-refractivity contribution in [2.45, 2.75) is 32.9 Å². The van der Waals surface area contributed by atoms with Crippen molar-refractivity contribution >= 4 is 23.4 Å². The van der Waals surface area contributed by atoms with Crippen molar-refractivity contribution < 1.29 is 9.59 Å². The maximum absolute atomic E-state index is 12.4. The van der Waals surface area contributed by atoms with Crippen LogP contribution in [0.4, 0.5) is 0 Å². The van der Waals surface area contributed by atoms with Crippen molar-refractivity contribution in [1.82, 2.24) is 15.5 Å². The monoisotopic (exact) mass is 339 g/mol. The average molecular weight is 340 g/mol. The molecule has 0 saturated carbocycles. The van der Waals surface area contributed by atoms with Crippen LogP contribution < -0.4 is 10.6 Å². The first-order chi connectivity index (χ1) is 10.7. The van der Waals surface area contributed by atoms with Crippen LogP contribution >= 0.6 is 11.6 Å². The number of hydrogen-bond acceptors (Lipinski definition) is 3. The first kappa shape index (κ1) is 19.5. The van der Waals surface area contributed by atoms with Gasteiger partial charge in [0.2, 0.25) is 11.8 Å². The second-order valence-corrected chi connectivity index (χ2v) is 6.58. The molecule has 1 aromatic rings. The summed E-state index contributed by atoms with van der Waals surface area (Å²) < 4.78 is 0. The highest BCUT2D eigenvalue weighted by Gasteiger charge is 2.24. The fraction of sp³-hybridized carbons (Fsp3) is 0.529.